The van der Waals surface area contributed by atoms with E-state index in [1.807, 2.05) is 24.3 Å². The predicted octanol–water partition coefficient (Wildman–Crippen LogP) is 2.61. The van der Waals surface area contributed by atoms with Crippen molar-refractivity contribution in [3.63, 3.8) is 0 Å². The van der Waals surface area contributed by atoms with E-state index in [1.54, 1.807) is 18.1 Å². The van der Waals surface area contributed by atoms with Gasteiger partial charge in [-0.15, -0.1) is 0 Å². The topological polar surface area (TPSA) is 42.4 Å². The molecule has 3 rings (SSSR count). The Kier molecular flexibility index (Phi) is 4.37. The smallest absolute Gasteiger partial charge is 0.260 e. The predicted molar refractivity (Wildman–Crippen MR) is 84.7 cm³/mol. The largest absolute Gasteiger partial charge is 0.484 e. The van der Waals surface area contributed by atoms with Gasteiger partial charge in [0, 0.05) is 13.2 Å². The number of carbonyl (C=O) groups is 1. The molecule has 4 nitrogen and oxygen atoms in total. The number of pyridine rings is 1. The number of hydrogen-bond acceptors (Lipinski definition) is 3. The zero-order valence-electron chi connectivity index (χ0n) is 12.8. The van der Waals surface area contributed by atoms with Crippen LogP contribution in [0.4, 0.5) is 0 Å². The Labute approximate surface area is 130 Å². The highest BCUT2D eigenvalue weighted by Crippen LogP contribution is 2.25. The maximum atomic E-state index is 12.1. The van der Waals surface area contributed by atoms with Crippen molar-refractivity contribution >= 4 is 5.91 Å². The maximum absolute atomic E-state index is 12.1. The van der Waals surface area contributed by atoms with Gasteiger partial charge >= 0.3 is 0 Å². The molecule has 1 amide bonds. The first kappa shape index (κ1) is 14.6. The molecule has 0 fully saturated rings. The van der Waals surface area contributed by atoms with Crippen molar-refractivity contribution in [1.29, 1.82) is 0 Å². The molecular formula is C18H20N2O2. The van der Waals surface area contributed by atoms with Crippen LogP contribution in [-0.2, 0) is 24.2 Å². The summed E-state index contributed by atoms with van der Waals surface area (Å²) in [6.07, 6.45) is 5.21. The van der Waals surface area contributed by atoms with E-state index in [1.165, 1.54) is 17.5 Å². The molecule has 0 radical (unpaired) electrons. The van der Waals surface area contributed by atoms with E-state index < -0.39 is 0 Å². The molecule has 1 aliphatic rings. The minimum atomic E-state index is -0.0499. The first-order valence-electron chi connectivity index (χ1n) is 7.61. The van der Waals surface area contributed by atoms with Gasteiger partial charge < -0.3 is 9.64 Å². The molecule has 0 atom stereocenters. The summed E-state index contributed by atoms with van der Waals surface area (Å²) in [5.74, 6) is 0.728. The third-order valence-electron chi connectivity index (χ3n) is 3.98. The highest BCUT2D eigenvalue weighted by Gasteiger charge is 2.13. The van der Waals surface area contributed by atoms with Crippen LogP contribution in [0.2, 0.25) is 0 Å². The van der Waals surface area contributed by atoms with E-state index in [0.717, 1.165) is 24.3 Å². The van der Waals surface area contributed by atoms with E-state index in [9.17, 15) is 4.79 Å². The first-order chi connectivity index (χ1) is 10.7. The second-order valence-corrected chi connectivity index (χ2v) is 5.64. The summed E-state index contributed by atoms with van der Waals surface area (Å²) in [5, 5.41) is 0. The Morgan fingerprint density at radius 2 is 2.09 bits per heavy atom. The molecule has 1 aromatic carbocycles. The average Bonchev–Trinajstić information content (AvgIpc) is 3.01. The Morgan fingerprint density at radius 1 is 1.23 bits per heavy atom. The molecule has 1 heterocycles. The van der Waals surface area contributed by atoms with Crippen LogP contribution in [0.15, 0.2) is 42.6 Å². The van der Waals surface area contributed by atoms with Gasteiger partial charge in [0.1, 0.15) is 5.75 Å². The second-order valence-electron chi connectivity index (χ2n) is 5.64. The van der Waals surface area contributed by atoms with E-state index in [2.05, 4.69) is 17.1 Å². The van der Waals surface area contributed by atoms with Gasteiger partial charge in [0.2, 0.25) is 0 Å². The highest BCUT2D eigenvalue weighted by atomic mass is 16.5. The van der Waals surface area contributed by atoms with Crippen molar-refractivity contribution < 1.29 is 9.53 Å². The Bertz CT molecular complexity index is 655. The van der Waals surface area contributed by atoms with Gasteiger partial charge in [0.05, 0.1) is 12.2 Å². The quantitative estimate of drug-likeness (QED) is 0.852. The fourth-order valence-corrected chi connectivity index (χ4v) is 2.72. The van der Waals surface area contributed by atoms with Crippen LogP contribution in [0.1, 0.15) is 23.2 Å². The first-order valence-corrected chi connectivity index (χ1v) is 7.61. The molecule has 0 saturated heterocycles. The summed E-state index contributed by atoms with van der Waals surface area (Å²) in [4.78, 5) is 18.0. The van der Waals surface area contributed by atoms with Crippen molar-refractivity contribution in [2.75, 3.05) is 13.7 Å². The van der Waals surface area contributed by atoms with Gasteiger partial charge in [-0.05, 0) is 54.7 Å². The van der Waals surface area contributed by atoms with E-state index in [-0.39, 0.29) is 12.5 Å². The lowest BCUT2D eigenvalue weighted by Crippen LogP contribution is -2.31. The number of aromatic nitrogens is 1. The summed E-state index contributed by atoms with van der Waals surface area (Å²) in [6, 6.07) is 11.8. The van der Waals surface area contributed by atoms with Gasteiger partial charge in [-0.25, -0.2) is 0 Å². The van der Waals surface area contributed by atoms with E-state index in [4.69, 9.17) is 4.74 Å². The number of fused-ring (bicyclic) bond motifs is 1. The Morgan fingerprint density at radius 3 is 2.91 bits per heavy atom. The van der Waals surface area contributed by atoms with Crippen LogP contribution in [0.25, 0.3) is 0 Å². The zero-order valence-corrected chi connectivity index (χ0v) is 12.8. The molecule has 22 heavy (non-hydrogen) atoms. The number of carbonyl (C=O) groups excluding carboxylic acids is 1. The number of nitrogens with zero attached hydrogens (tertiary/aromatic N) is 2. The lowest BCUT2D eigenvalue weighted by atomic mass is 10.1. The van der Waals surface area contributed by atoms with E-state index >= 15 is 0 Å². The lowest BCUT2D eigenvalue weighted by Gasteiger charge is -2.17. The lowest BCUT2D eigenvalue weighted by molar-refractivity contribution is -0.132. The molecular weight excluding hydrogens is 276 g/mol. The third kappa shape index (κ3) is 3.45. The Balaban J connectivity index is 1.53. The monoisotopic (exact) mass is 296 g/mol. The molecule has 0 unspecified atom stereocenters. The normalized spacial score (nSPS) is 12.8. The Hall–Kier alpha value is -2.36. The number of benzene rings is 1. The third-order valence-corrected chi connectivity index (χ3v) is 3.98. The SMILES string of the molecule is CN(Cc1ccccn1)C(=O)COc1ccc2c(c1)CCC2. The molecule has 0 spiro atoms. The van der Waals surface area contributed by atoms with Crippen molar-refractivity contribution in [2.24, 2.45) is 0 Å². The molecule has 4 heteroatoms. The van der Waals surface area contributed by atoms with Crippen LogP contribution >= 0.6 is 0 Å². The van der Waals surface area contributed by atoms with Crippen molar-refractivity contribution in [3.05, 3.63) is 59.4 Å². The van der Waals surface area contributed by atoms with Crippen LogP contribution in [0, 0.1) is 0 Å². The summed E-state index contributed by atoms with van der Waals surface area (Å²) in [6.45, 7) is 0.551. The average molecular weight is 296 g/mol. The van der Waals surface area contributed by atoms with Crippen molar-refractivity contribution in [3.8, 4) is 5.75 Å². The van der Waals surface area contributed by atoms with Gasteiger partial charge in [-0.1, -0.05) is 12.1 Å². The molecule has 2 aromatic rings. The summed E-state index contributed by atoms with van der Waals surface area (Å²) in [5.41, 5.74) is 3.63. The molecule has 114 valence electrons. The zero-order chi connectivity index (χ0) is 15.4. The fourth-order valence-electron chi connectivity index (χ4n) is 2.72. The number of ether oxygens (including phenoxy) is 1. The summed E-state index contributed by atoms with van der Waals surface area (Å²) >= 11 is 0. The number of hydrogen-bond donors (Lipinski definition) is 0. The van der Waals surface area contributed by atoms with Gasteiger partial charge in [-0.2, -0.15) is 0 Å². The fraction of sp³-hybridized carbons (Fsp3) is 0.333. The number of amides is 1. The molecule has 1 aliphatic carbocycles. The van der Waals surface area contributed by atoms with E-state index in [0.29, 0.717) is 6.54 Å². The molecule has 0 aliphatic heterocycles. The van der Waals surface area contributed by atoms with Gasteiger partial charge in [-0.3, -0.25) is 9.78 Å². The van der Waals surface area contributed by atoms with Gasteiger partial charge in [0.25, 0.3) is 5.91 Å². The summed E-state index contributed by atoms with van der Waals surface area (Å²) in [7, 11) is 1.77. The molecule has 0 saturated carbocycles. The van der Waals surface area contributed by atoms with Crippen LogP contribution in [0.5, 0.6) is 5.75 Å². The van der Waals surface area contributed by atoms with Crippen LogP contribution in [-0.4, -0.2) is 29.4 Å². The number of rotatable bonds is 5. The molecule has 0 N–H and O–H groups in total. The number of aryl methyl sites for hydroxylation is 2. The summed E-state index contributed by atoms with van der Waals surface area (Å²) < 4.78 is 5.64. The van der Waals surface area contributed by atoms with Crippen LogP contribution in [0.3, 0.4) is 0 Å². The van der Waals surface area contributed by atoms with Crippen LogP contribution < -0.4 is 4.74 Å². The maximum Gasteiger partial charge on any atom is 0.260 e. The highest BCUT2D eigenvalue weighted by molar-refractivity contribution is 5.77. The minimum absolute atomic E-state index is 0.0499. The number of likely N-dealkylation sites (N-methyl/N-ethyl adjacent to an activating group) is 1. The second kappa shape index (κ2) is 6.60. The molecule has 0 bridgehead atoms. The van der Waals surface area contributed by atoms with Crippen molar-refractivity contribution in [1.82, 2.24) is 9.88 Å². The standard InChI is InChI=1S/C18H20N2O2/c1-20(12-16-7-2-3-10-19-16)18(21)13-22-17-9-8-14-5-4-6-15(14)11-17/h2-3,7-11H,4-6,12-13H2,1H3. The minimum Gasteiger partial charge on any atom is -0.484 e. The van der Waals surface area contributed by atoms with Gasteiger partial charge in [0.15, 0.2) is 6.61 Å². The molecule has 1 aromatic heterocycles. The van der Waals surface area contributed by atoms with Crippen molar-refractivity contribution in [2.45, 2.75) is 25.8 Å².